The lowest BCUT2D eigenvalue weighted by Gasteiger charge is -2.15. The van der Waals surface area contributed by atoms with E-state index in [1.54, 1.807) is 6.07 Å². The zero-order valence-corrected chi connectivity index (χ0v) is 12.8. The third kappa shape index (κ3) is 4.09. The lowest BCUT2D eigenvalue weighted by molar-refractivity contribution is 0.460. The van der Waals surface area contributed by atoms with Gasteiger partial charge in [0.1, 0.15) is 5.75 Å². The maximum Gasteiger partial charge on any atom is 0.122 e. The Morgan fingerprint density at radius 1 is 1.50 bits per heavy atom. The van der Waals surface area contributed by atoms with Crippen molar-refractivity contribution in [3.8, 4) is 5.75 Å². The fraction of sp³-hybridized carbons (Fsp3) is 0.273. The first kappa shape index (κ1) is 16.0. The van der Waals surface area contributed by atoms with Gasteiger partial charge in [0.05, 0.1) is 0 Å². The molecular weight excluding hydrogens is 357 g/mol. The SMILES string of the molecule is C=C(C)C[C@H](N)c1c(O)cc(Br)cc1Br.Cl. The maximum absolute atomic E-state index is 9.79. The Labute approximate surface area is 119 Å². The van der Waals surface area contributed by atoms with Crippen molar-refractivity contribution in [3.05, 3.63) is 38.8 Å². The summed E-state index contributed by atoms with van der Waals surface area (Å²) in [6, 6.07) is 3.27. The first-order valence-corrected chi connectivity index (χ1v) is 6.08. The molecule has 0 saturated heterocycles. The number of benzene rings is 1. The molecular formula is C11H14Br2ClNO. The largest absolute Gasteiger partial charge is 0.508 e. The minimum Gasteiger partial charge on any atom is -0.508 e. The van der Waals surface area contributed by atoms with Crippen LogP contribution in [0.1, 0.15) is 24.9 Å². The van der Waals surface area contributed by atoms with Crippen molar-refractivity contribution < 1.29 is 5.11 Å². The molecule has 0 aliphatic rings. The summed E-state index contributed by atoms with van der Waals surface area (Å²) in [6.45, 7) is 5.73. The van der Waals surface area contributed by atoms with Gasteiger partial charge in [0.15, 0.2) is 0 Å². The molecule has 1 aromatic carbocycles. The van der Waals surface area contributed by atoms with E-state index in [1.165, 1.54) is 0 Å². The minimum absolute atomic E-state index is 0. The number of hydrogen-bond acceptors (Lipinski definition) is 2. The Balaban J connectivity index is 0.00000225. The summed E-state index contributed by atoms with van der Waals surface area (Å²) >= 11 is 6.69. The first-order chi connectivity index (χ1) is 6.91. The summed E-state index contributed by atoms with van der Waals surface area (Å²) in [5.41, 5.74) is 7.70. The van der Waals surface area contributed by atoms with Gasteiger partial charge in [-0.3, -0.25) is 0 Å². The summed E-state index contributed by atoms with van der Waals surface area (Å²) < 4.78 is 1.63. The van der Waals surface area contributed by atoms with Gasteiger partial charge in [-0.15, -0.1) is 19.0 Å². The van der Waals surface area contributed by atoms with E-state index in [-0.39, 0.29) is 24.2 Å². The molecule has 90 valence electrons. The van der Waals surface area contributed by atoms with Gasteiger partial charge >= 0.3 is 0 Å². The van der Waals surface area contributed by atoms with E-state index in [1.807, 2.05) is 13.0 Å². The minimum atomic E-state index is -0.232. The summed E-state index contributed by atoms with van der Waals surface area (Å²) in [4.78, 5) is 0. The molecule has 1 rings (SSSR count). The number of phenols is 1. The van der Waals surface area contributed by atoms with E-state index < -0.39 is 0 Å². The van der Waals surface area contributed by atoms with Gasteiger partial charge in [-0.1, -0.05) is 37.4 Å². The number of hydrogen-bond donors (Lipinski definition) is 2. The molecule has 0 radical (unpaired) electrons. The monoisotopic (exact) mass is 369 g/mol. The van der Waals surface area contributed by atoms with E-state index in [2.05, 4.69) is 38.4 Å². The molecule has 0 aliphatic heterocycles. The molecule has 0 fully saturated rings. The average Bonchev–Trinajstić information content (AvgIpc) is 1.99. The van der Waals surface area contributed by atoms with Gasteiger partial charge in [-0.25, -0.2) is 0 Å². The summed E-state index contributed by atoms with van der Waals surface area (Å²) in [7, 11) is 0. The molecule has 0 spiro atoms. The van der Waals surface area contributed by atoms with Gasteiger partial charge in [-0.2, -0.15) is 0 Å². The van der Waals surface area contributed by atoms with Crippen molar-refractivity contribution in [2.45, 2.75) is 19.4 Å². The first-order valence-electron chi connectivity index (χ1n) is 4.49. The topological polar surface area (TPSA) is 46.2 Å². The fourth-order valence-corrected chi connectivity index (χ4v) is 2.91. The van der Waals surface area contributed by atoms with Gasteiger partial charge in [0.25, 0.3) is 0 Å². The number of nitrogens with two attached hydrogens (primary N) is 1. The smallest absolute Gasteiger partial charge is 0.122 e. The highest BCUT2D eigenvalue weighted by Crippen LogP contribution is 2.35. The molecule has 1 aromatic rings. The second kappa shape index (κ2) is 6.64. The molecule has 16 heavy (non-hydrogen) atoms. The zero-order valence-electron chi connectivity index (χ0n) is 8.84. The molecule has 0 heterocycles. The van der Waals surface area contributed by atoms with Crippen molar-refractivity contribution in [2.75, 3.05) is 0 Å². The number of halogens is 3. The number of phenolic OH excluding ortho intramolecular Hbond substituents is 1. The molecule has 3 N–H and O–H groups in total. The normalized spacial score (nSPS) is 11.8. The Kier molecular flexibility index (Phi) is 6.63. The van der Waals surface area contributed by atoms with E-state index >= 15 is 0 Å². The van der Waals surface area contributed by atoms with Crippen LogP contribution in [-0.4, -0.2) is 5.11 Å². The van der Waals surface area contributed by atoms with Crippen LogP contribution in [-0.2, 0) is 0 Å². The third-order valence-corrected chi connectivity index (χ3v) is 3.13. The quantitative estimate of drug-likeness (QED) is 0.778. The van der Waals surface area contributed by atoms with Crippen LogP contribution in [0.2, 0.25) is 0 Å². The van der Waals surface area contributed by atoms with Crippen LogP contribution in [0.25, 0.3) is 0 Å². The fourth-order valence-electron chi connectivity index (χ4n) is 1.42. The molecule has 2 nitrogen and oxygen atoms in total. The van der Waals surface area contributed by atoms with E-state index in [0.717, 1.165) is 20.1 Å². The van der Waals surface area contributed by atoms with Gasteiger partial charge in [0.2, 0.25) is 0 Å². The van der Waals surface area contributed by atoms with E-state index in [0.29, 0.717) is 6.42 Å². The third-order valence-electron chi connectivity index (χ3n) is 2.01. The van der Waals surface area contributed by atoms with Gasteiger partial charge in [0, 0.05) is 20.6 Å². The molecule has 0 saturated carbocycles. The molecule has 0 aliphatic carbocycles. The van der Waals surface area contributed by atoms with Crippen molar-refractivity contribution >= 4 is 44.3 Å². The summed E-state index contributed by atoms with van der Waals surface area (Å²) in [5, 5.41) is 9.79. The summed E-state index contributed by atoms with van der Waals surface area (Å²) in [5.74, 6) is 0.199. The lowest BCUT2D eigenvalue weighted by Crippen LogP contribution is -2.11. The standard InChI is InChI=1S/C11H13Br2NO.ClH/c1-6(2)3-9(14)11-8(13)4-7(12)5-10(11)15;/h4-5,9,15H,1,3,14H2,2H3;1H/t9-;/m0./s1. The Bertz CT molecular complexity index is 373. The second-order valence-corrected chi connectivity index (χ2v) is 5.36. The Hall–Kier alpha value is -0.0300. The van der Waals surface area contributed by atoms with Crippen LogP contribution in [0.15, 0.2) is 33.2 Å². The average molecular weight is 371 g/mol. The van der Waals surface area contributed by atoms with Crippen molar-refractivity contribution in [2.24, 2.45) is 5.73 Å². The number of rotatable bonds is 3. The second-order valence-electron chi connectivity index (χ2n) is 3.59. The molecule has 1 atom stereocenters. The van der Waals surface area contributed by atoms with Crippen LogP contribution < -0.4 is 5.73 Å². The lowest BCUT2D eigenvalue weighted by atomic mass is 10.0. The maximum atomic E-state index is 9.79. The van der Waals surface area contributed by atoms with Crippen LogP contribution >= 0.6 is 44.3 Å². The molecule has 0 unspecified atom stereocenters. The highest BCUT2D eigenvalue weighted by molar-refractivity contribution is 9.11. The van der Waals surface area contributed by atoms with Crippen molar-refractivity contribution in [1.29, 1.82) is 0 Å². The zero-order chi connectivity index (χ0) is 11.6. The van der Waals surface area contributed by atoms with Gasteiger partial charge in [-0.05, 0) is 25.5 Å². The Morgan fingerprint density at radius 2 is 2.06 bits per heavy atom. The van der Waals surface area contributed by atoms with Crippen LogP contribution in [0.4, 0.5) is 0 Å². The van der Waals surface area contributed by atoms with Crippen LogP contribution in [0.3, 0.4) is 0 Å². The van der Waals surface area contributed by atoms with Gasteiger partial charge < -0.3 is 10.8 Å². The summed E-state index contributed by atoms with van der Waals surface area (Å²) in [6.07, 6.45) is 0.661. The predicted octanol–water partition coefficient (Wildman–Crippen LogP) is 4.31. The van der Waals surface area contributed by atoms with E-state index in [4.69, 9.17) is 5.73 Å². The van der Waals surface area contributed by atoms with Crippen molar-refractivity contribution in [3.63, 3.8) is 0 Å². The molecule has 0 amide bonds. The van der Waals surface area contributed by atoms with Crippen molar-refractivity contribution in [1.82, 2.24) is 0 Å². The predicted molar refractivity (Wildman–Crippen MR) is 77.1 cm³/mol. The molecule has 5 heteroatoms. The van der Waals surface area contributed by atoms with Crippen LogP contribution in [0, 0.1) is 0 Å². The molecule has 0 bridgehead atoms. The Morgan fingerprint density at radius 3 is 2.50 bits per heavy atom. The highest BCUT2D eigenvalue weighted by atomic mass is 79.9. The highest BCUT2D eigenvalue weighted by Gasteiger charge is 2.15. The molecule has 0 aromatic heterocycles. The van der Waals surface area contributed by atoms with Crippen LogP contribution in [0.5, 0.6) is 5.75 Å². The van der Waals surface area contributed by atoms with E-state index in [9.17, 15) is 5.11 Å². The number of aromatic hydroxyl groups is 1.